The minimum atomic E-state index is -1.00. The second kappa shape index (κ2) is 6.00. The van der Waals surface area contributed by atoms with Crippen molar-refractivity contribution >= 4 is 11.8 Å². The van der Waals surface area contributed by atoms with Crippen molar-refractivity contribution in [3.63, 3.8) is 0 Å². The summed E-state index contributed by atoms with van der Waals surface area (Å²) in [6.45, 7) is 3.51. The monoisotopic (exact) mass is 256 g/mol. The van der Waals surface area contributed by atoms with E-state index in [9.17, 15) is 4.79 Å². The Bertz CT molecular complexity index is 555. The van der Waals surface area contributed by atoms with Gasteiger partial charge in [-0.05, 0) is 24.6 Å². The fraction of sp³-hybridized carbons (Fsp3) is 0.200. The van der Waals surface area contributed by atoms with Crippen LogP contribution in [0.3, 0.4) is 0 Å². The van der Waals surface area contributed by atoms with Gasteiger partial charge in [-0.25, -0.2) is 9.78 Å². The fourth-order valence-corrected chi connectivity index (χ4v) is 1.88. The predicted octanol–water partition coefficient (Wildman–Crippen LogP) is 2.81. The molecule has 1 N–H and O–H groups in total. The first-order valence-corrected chi connectivity index (χ1v) is 6.20. The number of carboxylic acids is 1. The summed E-state index contributed by atoms with van der Waals surface area (Å²) in [7, 11) is 0. The van der Waals surface area contributed by atoms with Gasteiger partial charge in [-0.2, -0.15) is 0 Å². The molecule has 0 spiro atoms. The number of aromatic carboxylic acids is 1. The first-order chi connectivity index (χ1) is 9.20. The zero-order chi connectivity index (χ0) is 13.7. The SMILES string of the molecule is CCN(Cc1ccccc1)c1cccc(C(=O)O)n1. The summed E-state index contributed by atoms with van der Waals surface area (Å²) in [6.07, 6.45) is 0. The van der Waals surface area contributed by atoms with Gasteiger partial charge in [0.1, 0.15) is 5.82 Å². The van der Waals surface area contributed by atoms with Crippen molar-refractivity contribution in [2.24, 2.45) is 0 Å². The molecule has 1 aromatic heterocycles. The van der Waals surface area contributed by atoms with E-state index in [4.69, 9.17) is 5.11 Å². The van der Waals surface area contributed by atoms with Gasteiger partial charge in [0.15, 0.2) is 5.69 Å². The van der Waals surface area contributed by atoms with Gasteiger partial charge in [0.05, 0.1) is 0 Å². The Hall–Kier alpha value is -2.36. The highest BCUT2D eigenvalue weighted by molar-refractivity contribution is 5.85. The molecule has 2 aromatic rings. The van der Waals surface area contributed by atoms with Crippen molar-refractivity contribution in [3.05, 3.63) is 59.8 Å². The summed E-state index contributed by atoms with van der Waals surface area (Å²) < 4.78 is 0. The van der Waals surface area contributed by atoms with Crippen LogP contribution in [0.15, 0.2) is 48.5 Å². The highest BCUT2D eigenvalue weighted by Crippen LogP contribution is 2.15. The second-order valence-electron chi connectivity index (χ2n) is 4.19. The maximum atomic E-state index is 10.9. The van der Waals surface area contributed by atoms with Gasteiger partial charge in [-0.15, -0.1) is 0 Å². The van der Waals surface area contributed by atoms with E-state index in [0.717, 1.165) is 6.54 Å². The van der Waals surface area contributed by atoms with Crippen molar-refractivity contribution in [2.45, 2.75) is 13.5 Å². The van der Waals surface area contributed by atoms with Crippen molar-refractivity contribution in [3.8, 4) is 0 Å². The van der Waals surface area contributed by atoms with Gasteiger partial charge in [-0.3, -0.25) is 0 Å². The molecule has 1 heterocycles. The molecule has 0 aliphatic heterocycles. The maximum absolute atomic E-state index is 10.9. The Balaban J connectivity index is 2.22. The zero-order valence-corrected chi connectivity index (χ0v) is 10.8. The lowest BCUT2D eigenvalue weighted by atomic mass is 10.2. The van der Waals surface area contributed by atoms with Gasteiger partial charge in [0, 0.05) is 13.1 Å². The quantitative estimate of drug-likeness (QED) is 0.893. The van der Waals surface area contributed by atoms with Crippen molar-refractivity contribution in [1.29, 1.82) is 0 Å². The summed E-state index contributed by atoms with van der Waals surface area (Å²) in [5.41, 5.74) is 1.25. The molecule has 98 valence electrons. The molecule has 0 unspecified atom stereocenters. The highest BCUT2D eigenvalue weighted by atomic mass is 16.4. The molecule has 1 aromatic carbocycles. The largest absolute Gasteiger partial charge is 0.477 e. The molecule has 0 fully saturated rings. The molecule has 2 rings (SSSR count). The molecular weight excluding hydrogens is 240 g/mol. The van der Waals surface area contributed by atoms with Crippen LogP contribution in [0.2, 0.25) is 0 Å². The van der Waals surface area contributed by atoms with E-state index in [0.29, 0.717) is 12.4 Å². The van der Waals surface area contributed by atoms with Crippen LogP contribution in [0.25, 0.3) is 0 Å². The lowest BCUT2D eigenvalue weighted by molar-refractivity contribution is 0.0690. The topological polar surface area (TPSA) is 53.4 Å². The number of anilines is 1. The van der Waals surface area contributed by atoms with Crippen molar-refractivity contribution in [2.75, 3.05) is 11.4 Å². The molecule has 0 amide bonds. The van der Waals surface area contributed by atoms with Crippen molar-refractivity contribution < 1.29 is 9.90 Å². The summed E-state index contributed by atoms with van der Waals surface area (Å²) in [6, 6.07) is 15.1. The average Bonchev–Trinajstić information content (AvgIpc) is 2.46. The Labute approximate surface area is 112 Å². The highest BCUT2D eigenvalue weighted by Gasteiger charge is 2.10. The molecule has 0 radical (unpaired) electrons. The number of nitrogens with zero attached hydrogens (tertiary/aromatic N) is 2. The molecule has 19 heavy (non-hydrogen) atoms. The van der Waals surface area contributed by atoms with Crippen molar-refractivity contribution in [1.82, 2.24) is 4.98 Å². The van der Waals surface area contributed by atoms with E-state index in [1.807, 2.05) is 48.2 Å². The third-order valence-electron chi connectivity index (χ3n) is 2.88. The van der Waals surface area contributed by atoms with Crippen LogP contribution >= 0.6 is 0 Å². The molecule has 0 saturated heterocycles. The molecule has 0 aliphatic carbocycles. The summed E-state index contributed by atoms with van der Waals surface area (Å²) >= 11 is 0. The van der Waals surface area contributed by atoms with E-state index in [-0.39, 0.29) is 5.69 Å². The summed E-state index contributed by atoms with van der Waals surface area (Å²) in [5, 5.41) is 8.97. The molecule has 0 atom stereocenters. The number of aromatic nitrogens is 1. The van der Waals surface area contributed by atoms with E-state index in [1.54, 1.807) is 6.07 Å². The molecule has 4 heteroatoms. The maximum Gasteiger partial charge on any atom is 0.354 e. The Kier molecular flexibility index (Phi) is 4.13. The van der Waals surface area contributed by atoms with Crippen LogP contribution < -0.4 is 4.90 Å². The van der Waals surface area contributed by atoms with E-state index >= 15 is 0 Å². The van der Waals surface area contributed by atoms with E-state index < -0.39 is 5.97 Å². The van der Waals surface area contributed by atoms with Gasteiger partial charge >= 0.3 is 5.97 Å². The third-order valence-corrected chi connectivity index (χ3v) is 2.88. The summed E-state index contributed by atoms with van der Waals surface area (Å²) in [5.74, 6) is -0.316. The second-order valence-corrected chi connectivity index (χ2v) is 4.19. The Morgan fingerprint density at radius 2 is 1.89 bits per heavy atom. The predicted molar refractivity (Wildman–Crippen MR) is 74.4 cm³/mol. The Morgan fingerprint density at radius 3 is 2.53 bits per heavy atom. The van der Waals surface area contributed by atoms with Gasteiger partial charge in [-0.1, -0.05) is 36.4 Å². The standard InChI is InChI=1S/C15H16N2O2/c1-2-17(11-12-7-4-3-5-8-12)14-10-6-9-13(16-14)15(18)19/h3-10H,2,11H2,1H3,(H,18,19). The number of carboxylic acid groups (broad SMARTS) is 1. The van der Waals surface area contributed by atoms with Gasteiger partial charge < -0.3 is 10.0 Å². The van der Waals surface area contributed by atoms with Crippen LogP contribution in [-0.4, -0.2) is 22.6 Å². The Morgan fingerprint density at radius 1 is 1.16 bits per heavy atom. The lowest BCUT2D eigenvalue weighted by Gasteiger charge is -2.22. The minimum absolute atomic E-state index is 0.0732. The normalized spacial score (nSPS) is 10.2. The first kappa shape index (κ1) is 13.1. The average molecular weight is 256 g/mol. The van der Waals surface area contributed by atoms with E-state index in [1.165, 1.54) is 11.6 Å². The number of pyridine rings is 1. The first-order valence-electron chi connectivity index (χ1n) is 6.20. The minimum Gasteiger partial charge on any atom is -0.477 e. The van der Waals surface area contributed by atoms with Crippen LogP contribution in [0.1, 0.15) is 23.0 Å². The van der Waals surface area contributed by atoms with E-state index in [2.05, 4.69) is 4.98 Å². The third kappa shape index (κ3) is 3.31. The fourth-order valence-electron chi connectivity index (χ4n) is 1.88. The van der Waals surface area contributed by atoms with Crippen LogP contribution in [0, 0.1) is 0 Å². The smallest absolute Gasteiger partial charge is 0.354 e. The zero-order valence-electron chi connectivity index (χ0n) is 10.8. The van der Waals surface area contributed by atoms with Crippen LogP contribution in [0.4, 0.5) is 5.82 Å². The molecule has 4 nitrogen and oxygen atoms in total. The van der Waals surface area contributed by atoms with Gasteiger partial charge in [0.2, 0.25) is 0 Å². The summed E-state index contributed by atoms with van der Waals surface area (Å²) in [4.78, 5) is 17.2. The lowest BCUT2D eigenvalue weighted by Crippen LogP contribution is -2.23. The number of carbonyl (C=O) groups is 1. The van der Waals surface area contributed by atoms with Crippen LogP contribution in [0.5, 0.6) is 0 Å². The number of benzene rings is 1. The van der Waals surface area contributed by atoms with Gasteiger partial charge in [0.25, 0.3) is 0 Å². The molecule has 0 saturated carbocycles. The van der Waals surface area contributed by atoms with Crippen LogP contribution in [-0.2, 0) is 6.54 Å². The number of rotatable bonds is 5. The number of hydrogen-bond acceptors (Lipinski definition) is 3. The molecule has 0 bridgehead atoms. The number of hydrogen-bond donors (Lipinski definition) is 1. The molecular formula is C15H16N2O2. The molecule has 0 aliphatic rings.